The number of carbonyl (C=O) groups excluding carboxylic acids is 5. The number of phenols is 1. The summed E-state index contributed by atoms with van der Waals surface area (Å²) >= 11 is 1.25. The summed E-state index contributed by atoms with van der Waals surface area (Å²) in [7, 11) is 0. The van der Waals surface area contributed by atoms with Crippen LogP contribution in [0.25, 0.3) is 0 Å². The molecule has 1 unspecified atom stereocenters. The Bertz CT molecular complexity index is 1320. The van der Waals surface area contributed by atoms with E-state index < -0.39 is 51.9 Å². The number of ketones is 1. The predicted molar refractivity (Wildman–Crippen MR) is 132 cm³/mol. The molecular formula is C25H27N4O7S-. The Hall–Kier alpha value is -3.80. The third-order valence-corrected chi connectivity index (χ3v) is 8.31. The zero-order chi connectivity index (χ0) is 27.4. The number of hydrogen-bond donors (Lipinski definition) is 4. The maximum Gasteiger partial charge on any atom is 0.254 e. The molecule has 37 heavy (non-hydrogen) atoms. The van der Waals surface area contributed by atoms with Crippen molar-refractivity contribution in [1.29, 1.82) is 0 Å². The Balaban J connectivity index is 1.60. The quantitative estimate of drug-likeness (QED) is 0.294. The first-order valence-electron chi connectivity index (χ1n) is 11.6. The lowest BCUT2D eigenvalue weighted by molar-refractivity contribution is -0.312. The van der Waals surface area contributed by atoms with Crippen molar-refractivity contribution in [3.8, 4) is 5.75 Å². The Morgan fingerprint density at radius 2 is 1.78 bits per heavy atom. The number of aliphatic carboxylic acids is 1. The molecule has 1 aromatic carbocycles. The van der Waals surface area contributed by atoms with Gasteiger partial charge in [0.05, 0.1) is 23.3 Å². The van der Waals surface area contributed by atoms with Crippen LogP contribution in [0.5, 0.6) is 5.75 Å². The number of fused-ring (bicyclic) bond motifs is 1. The van der Waals surface area contributed by atoms with Crippen molar-refractivity contribution in [2.45, 2.75) is 62.9 Å². The molecule has 4 rings (SSSR count). The van der Waals surface area contributed by atoms with Crippen LogP contribution in [-0.4, -0.2) is 66.7 Å². The van der Waals surface area contributed by atoms with Gasteiger partial charge in [0.1, 0.15) is 23.2 Å². The standard InChI is InChI=1S/C25H28N4O7S/c1-10-15(11(2)26-16(10)12(3)30)20(32)27-17(13-6-8-14(31)9-7-13)21(33)28-18-22(34)29-19(24(35)36)25(4,5)37-23(18)29/h6-9,17-19,23,26,31H,1-5H3,(H,27,32)(H,28,33)(H,35,36)/p-1/t17?,18-,19+,23-/m1/s1. The molecule has 0 aliphatic carbocycles. The van der Waals surface area contributed by atoms with Crippen LogP contribution < -0.4 is 15.7 Å². The van der Waals surface area contributed by atoms with E-state index in [1.807, 2.05) is 0 Å². The number of aryl methyl sites for hydroxylation is 1. The highest BCUT2D eigenvalue weighted by atomic mass is 32.2. The van der Waals surface area contributed by atoms with Gasteiger partial charge in [-0.3, -0.25) is 19.2 Å². The molecule has 2 fully saturated rings. The molecule has 12 heteroatoms. The molecule has 3 amide bonds. The first-order valence-corrected chi connectivity index (χ1v) is 12.4. The highest BCUT2D eigenvalue weighted by Gasteiger charge is 2.62. The number of amides is 3. The first kappa shape index (κ1) is 26.3. The number of Topliss-reactive ketones (excluding diaryl/α,β-unsaturated/α-hetero) is 1. The van der Waals surface area contributed by atoms with Crippen molar-refractivity contribution in [3.63, 3.8) is 0 Å². The van der Waals surface area contributed by atoms with Gasteiger partial charge >= 0.3 is 0 Å². The Morgan fingerprint density at radius 1 is 1.16 bits per heavy atom. The average molecular weight is 528 g/mol. The topological polar surface area (TPSA) is 172 Å². The van der Waals surface area contributed by atoms with E-state index in [0.29, 0.717) is 16.8 Å². The minimum Gasteiger partial charge on any atom is -0.548 e. The molecule has 3 heterocycles. The molecule has 2 saturated heterocycles. The van der Waals surface area contributed by atoms with E-state index >= 15 is 0 Å². The van der Waals surface area contributed by atoms with Crippen molar-refractivity contribution < 1.29 is 34.2 Å². The van der Waals surface area contributed by atoms with Crippen LogP contribution in [0.2, 0.25) is 0 Å². The zero-order valence-corrected chi connectivity index (χ0v) is 21.7. The molecule has 2 aliphatic heterocycles. The minimum atomic E-state index is -1.37. The largest absolute Gasteiger partial charge is 0.548 e. The number of nitrogens with zero attached hydrogens (tertiary/aromatic N) is 1. The number of phenolic OH excluding ortho intramolecular Hbond substituents is 1. The van der Waals surface area contributed by atoms with Gasteiger partial charge in [-0.15, -0.1) is 11.8 Å². The molecule has 2 aliphatic rings. The van der Waals surface area contributed by atoms with Gasteiger partial charge in [-0.1, -0.05) is 12.1 Å². The molecule has 4 atom stereocenters. The zero-order valence-electron chi connectivity index (χ0n) is 20.9. The van der Waals surface area contributed by atoms with E-state index in [9.17, 15) is 34.2 Å². The number of β-lactam (4-membered cyclic amide) rings is 1. The highest BCUT2D eigenvalue weighted by molar-refractivity contribution is 8.01. The lowest BCUT2D eigenvalue weighted by atomic mass is 9.95. The summed E-state index contributed by atoms with van der Waals surface area (Å²) in [4.78, 5) is 67.2. The third-order valence-electron chi connectivity index (χ3n) is 6.74. The van der Waals surface area contributed by atoms with Crippen molar-refractivity contribution in [3.05, 3.63) is 52.3 Å². The van der Waals surface area contributed by atoms with Gasteiger partial charge in [-0.05, 0) is 51.0 Å². The van der Waals surface area contributed by atoms with Crippen LogP contribution >= 0.6 is 11.8 Å². The monoisotopic (exact) mass is 527 g/mol. The molecule has 1 aromatic heterocycles. The first-order chi connectivity index (χ1) is 17.2. The van der Waals surface area contributed by atoms with Gasteiger partial charge < -0.3 is 35.5 Å². The fourth-order valence-corrected chi connectivity index (χ4v) is 6.60. The van der Waals surface area contributed by atoms with Crippen LogP contribution in [-0.2, 0) is 14.4 Å². The minimum absolute atomic E-state index is 0.0413. The molecule has 0 spiro atoms. The molecule has 0 saturated carbocycles. The van der Waals surface area contributed by atoms with Gasteiger partial charge in [0.15, 0.2) is 5.78 Å². The van der Waals surface area contributed by atoms with Gasteiger partial charge in [0.2, 0.25) is 11.8 Å². The van der Waals surface area contributed by atoms with E-state index in [-0.39, 0.29) is 22.8 Å². The smallest absolute Gasteiger partial charge is 0.254 e. The summed E-state index contributed by atoms with van der Waals surface area (Å²) in [6.07, 6.45) is 0. The van der Waals surface area contributed by atoms with E-state index in [0.717, 1.165) is 0 Å². The summed E-state index contributed by atoms with van der Waals surface area (Å²) in [6, 6.07) is 2.28. The predicted octanol–water partition coefficient (Wildman–Crippen LogP) is 0.308. The lowest BCUT2D eigenvalue weighted by Crippen LogP contribution is -2.72. The molecular weight excluding hydrogens is 500 g/mol. The number of nitrogens with one attached hydrogen (secondary N) is 3. The second-order valence-corrected chi connectivity index (χ2v) is 11.5. The molecule has 11 nitrogen and oxygen atoms in total. The second kappa shape index (κ2) is 9.25. The third kappa shape index (κ3) is 4.45. The van der Waals surface area contributed by atoms with Crippen molar-refractivity contribution in [1.82, 2.24) is 20.5 Å². The number of aromatic hydroxyl groups is 1. The molecule has 0 bridgehead atoms. The summed E-state index contributed by atoms with van der Waals surface area (Å²) < 4.78 is -0.818. The fraction of sp³-hybridized carbons (Fsp3) is 0.400. The number of hydrogen-bond acceptors (Lipinski definition) is 8. The van der Waals surface area contributed by atoms with Crippen LogP contribution in [0.3, 0.4) is 0 Å². The molecule has 2 aromatic rings. The number of carbonyl (C=O) groups is 5. The van der Waals surface area contributed by atoms with Gasteiger partial charge in [-0.2, -0.15) is 0 Å². The maximum absolute atomic E-state index is 13.4. The molecule has 196 valence electrons. The Labute approximate surface area is 217 Å². The van der Waals surface area contributed by atoms with E-state index in [4.69, 9.17) is 0 Å². The normalized spacial score (nSPS) is 22.6. The fourth-order valence-electron chi connectivity index (χ4n) is 4.98. The van der Waals surface area contributed by atoms with Crippen molar-refractivity contribution >= 4 is 41.2 Å². The van der Waals surface area contributed by atoms with E-state index in [1.165, 1.54) is 47.9 Å². The summed E-state index contributed by atoms with van der Waals surface area (Å²) in [6.45, 7) is 8.02. The SMILES string of the molecule is CC(=O)c1[nH]c(C)c(C(=O)NC(C(=O)N[C@@H]2C(=O)N3[C@@H]2SC(C)(C)[C@@H]3C(=O)[O-])c2ccc(O)cc2)c1C. The van der Waals surface area contributed by atoms with Gasteiger partial charge in [-0.25, -0.2) is 0 Å². The summed E-state index contributed by atoms with van der Waals surface area (Å²) in [5.41, 5.74) is 1.74. The van der Waals surface area contributed by atoms with Crippen LogP contribution in [0.4, 0.5) is 0 Å². The number of aromatic amines is 1. The van der Waals surface area contributed by atoms with E-state index in [1.54, 1.807) is 27.7 Å². The number of rotatable bonds is 7. The Kier molecular flexibility index (Phi) is 6.57. The molecule has 0 radical (unpaired) electrons. The lowest BCUT2D eigenvalue weighted by Gasteiger charge is -2.45. The van der Waals surface area contributed by atoms with Crippen LogP contribution in [0.1, 0.15) is 64.5 Å². The van der Waals surface area contributed by atoms with Crippen molar-refractivity contribution in [2.75, 3.05) is 0 Å². The highest BCUT2D eigenvalue weighted by Crippen LogP contribution is 2.50. The maximum atomic E-state index is 13.4. The number of aromatic nitrogens is 1. The second-order valence-electron chi connectivity index (χ2n) is 9.74. The number of benzene rings is 1. The number of H-pyrrole nitrogens is 1. The van der Waals surface area contributed by atoms with Gasteiger partial charge in [0, 0.05) is 17.4 Å². The number of carboxylic acids is 1. The van der Waals surface area contributed by atoms with Crippen molar-refractivity contribution in [2.24, 2.45) is 0 Å². The summed E-state index contributed by atoms with van der Waals surface area (Å²) in [5, 5.41) is 26.1. The van der Waals surface area contributed by atoms with Crippen LogP contribution in [0.15, 0.2) is 24.3 Å². The molecule has 4 N–H and O–H groups in total. The number of carboxylic acid groups (broad SMARTS) is 1. The Morgan fingerprint density at radius 3 is 2.32 bits per heavy atom. The summed E-state index contributed by atoms with van der Waals surface area (Å²) in [5.74, 6) is -3.50. The number of thioether (sulfide) groups is 1. The average Bonchev–Trinajstić information content (AvgIpc) is 3.26. The van der Waals surface area contributed by atoms with E-state index in [2.05, 4.69) is 15.6 Å². The van der Waals surface area contributed by atoms with Gasteiger partial charge in [0.25, 0.3) is 5.91 Å². The van der Waals surface area contributed by atoms with Crippen LogP contribution in [0, 0.1) is 13.8 Å².